The fraction of sp³-hybridized carbons (Fsp3) is 0.647. The highest BCUT2D eigenvalue weighted by Gasteiger charge is 2.42. The lowest BCUT2D eigenvalue weighted by atomic mass is 9.99. The molecule has 0 unspecified atom stereocenters. The van der Waals surface area contributed by atoms with E-state index in [2.05, 4.69) is 26.6 Å². The van der Waals surface area contributed by atoms with E-state index in [9.17, 15) is 4.79 Å². The van der Waals surface area contributed by atoms with Crippen LogP contribution in [-0.4, -0.2) is 36.1 Å². The second kappa shape index (κ2) is 5.88. The van der Waals surface area contributed by atoms with E-state index in [1.807, 2.05) is 12.3 Å². The zero-order chi connectivity index (χ0) is 14.9. The lowest BCUT2D eigenvalue weighted by Gasteiger charge is -2.23. The molecule has 22 heavy (non-hydrogen) atoms. The molecule has 0 radical (unpaired) electrons. The van der Waals surface area contributed by atoms with Crippen LogP contribution in [0.2, 0.25) is 0 Å². The monoisotopic (exact) mass is 300 g/mol. The molecule has 4 rings (SSSR count). The molecule has 1 aromatic rings. The first-order valence-electron chi connectivity index (χ1n) is 8.54. The molecule has 1 amide bonds. The number of hydrogen-bond donors (Lipinski definition) is 2. The third-order valence-corrected chi connectivity index (χ3v) is 5.37. The van der Waals surface area contributed by atoms with Crippen LogP contribution in [0, 0.1) is 5.92 Å². The molecule has 2 aliphatic heterocycles. The Hall–Kier alpha value is -1.62. The predicted molar refractivity (Wildman–Crippen MR) is 85.6 cm³/mol. The van der Waals surface area contributed by atoms with E-state index in [1.165, 1.54) is 32.1 Å². The van der Waals surface area contributed by atoms with E-state index in [1.54, 1.807) is 0 Å². The third kappa shape index (κ3) is 2.58. The van der Waals surface area contributed by atoms with Gasteiger partial charge in [-0.3, -0.25) is 4.79 Å². The van der Waals surface area contributed by atoms with Gasteiger partial charge in [-0.05, 0) is 44.1 Å². The van der Waals surface area contributed by atoms with Crippen molar-refractivity contribution in [3.63, 3.8) is 0 Å². The van der Waals surface area contributed by atoms with Crippen LogP contribution < -0.4 is 15.5 Å². The van der Waals surface area contributed by atoms with Crippen LogP contribution in [0.3, 0.4) is 0 Å². The highest BCUT2D eigenvalue weighted by molar-refractivity contribution is 5.82. The van der Waals surface area contributed by atoms with Gasteiger partial charge in [-0.25, -0.2) is 4.98 Å². The number of hydrogen-bond acceptors (Lipinski definition) is 4. The Balaban J connectivity index is 1.40. The van der Waals surface area contributed by atoms with E-state index in [0.29, 0.717) is 18.5 Å². The number of carbonyl (C=O) groups excluding carboxylic acids is 1. The summed E-state index contributed by atoms with van der Waals surface area (Å²) in [5.74, 6) is 1.74. The quantitative estimate of drug-likeness (QED) is 0.883. The molecule has 1 aliphatic carbocycles. The Morgan fingerprint density at radius 1 is 1.36 bits per heavy atom. The van der Waals surface area contributed by atoms with Crippen molar-refractivity contribution in [1.29, 1.82) is 0 Å². The summed E-state index contributed by atoms with van der Waals surface area (Å²) in [6.07, 6.45) is 7.91. The number of amides is 1. The van der Waals surface area contributed by atoms with Gasteiger partial charge in [0.25, 0.3) is 0 Å². The van der Waals surface area contributed by atoms with E-state index >= 15 is 0 Å². The predicted octanol–water partition coefficient (Wildman–Crippen LogP) is 1.44. The molecular formula is C17H24N4O. The first-order chi connectivity index (χ1) is 10.8. The molecule has 118 valence electrons. The van der Waals surface area contributed by atoms with Crippen molar-refractivity contribution in [2.75, 3.05) is 18.0 Å². The second-order valence-electron chi connectivity index (χ2n) is 6.81. The largest absolute Gasteiger partial charge is 0.356 e. The number of nitrogens with one attached hydrogen (secondary N) is 2. The van der Waals surface area contributed by atoms with Crippen LogP contribution in [0.1, 0.15) is 37.7 Å². The van der Waals surface area contributed by atoms with Crippen LogP contribution in [-0.2, 0) is 11.3 Å². The molecule has 5 heteroatoms. The first kappa shape index (κ1) is 14.0. The third-order valence-electron chi connectivity index (χ3n) is 5.37. The molecule has 0 spiro atoms. The molecule has 1 aromatic heterocycles. The maximum Gasteiger partial charge on any atom is 0.237 e. The maximum absolute atomic E-state index is 12.4. The molecule has 5 nitrogen and oxygen atoms in total. The zero-order valence-corrected chi connectivity index (χ0v) is 12.9. The van der Waals surface area contributed by atoms with Gasteiger partial charge in [0.05, 0.1) is 6.04 Å². The molecule has 3 aliphatic rings. The lowest BCUT2D eigenvalue weighted by molar-refractivity contribution is -0.124. The van der Waals surface area contributed by atoms with Gasteiger partial charge in [-0.2, -0.15) is 0 Å². The van der Waals surface area contributed by atoms with Crippen molar-refractivity contribution < 1.29 is 4.79 Å². The van der Waals surface area contributed by atoms with Crippen LogP contribution >= 0.6 is 0 Å². The van der Waals surface area contributed by atoms with Crippen LogP contribution in [0.4, 0.5) is 5.82 Å². The van der Waals surface area contributed by atoms with Gasteiger partial charge in [-0.15, -0.1) is 0 Å². The normalized spacial score (nSPS) is 30.0. The fourth-order valence-electron chi connectivity index (χ4n) is 4.22. The number of nitrogens with zero attached hydrogens (tertiary/aromatic N) is 2. The summed E-state index contributed by atoms with van der Waals surface area (Å²) < 4.78 is 0. The molecule has 2 saturated heterocycles. The minimum Gasteiger partial charge on any atom is -0.356 e. The minimum absolute atomic E-state index is 0.0191. The van der Waals surface area contributed by atoms with Gasteiger partial charge < -0.3 is 15.5 Å². The number of carbonyl (C=O) groups is 1. The average Bonchev–Trinajstić information content (AvgIpc) is 3.29. The summed E-state index contributed by atoms with van der Waals surface area (Å²) in [6, 6.07) is 4.62. The van der Waals surface area contributed by atoms with Gasteiger partial charge in [0.15, 0.2) is 0 Å². The van der Waals surface area contributed by atoms with Crippen molar-refractivity contribution in [1.82, 2.24) is 15.6 Å². The number of rotatable bonds is 4. The van der Waals surface area contributed by atoms with Gasteiger partial charge in [0.1, 0.15) is 5.82 Å². The number of fused-ring (bicyclic) bond motifs is 2. The van der Waals surface area contributed by atoms with Crippen LogP contribution in [0.25, 0.3) is 0 Å². The summed E-state index contributed by atoms with van der Waals surface area (Å²) in [4.78, 5) is 19.3. The van der Waals surface area contributed by atoms with Crippen molar-refractivity contribution in [3.05, 3.63) is 23.9 Å². The lowest BCUT2D eigenvalue weighted by Crippen LogP contribution is -2.47. The summed E-state index contributed by atoms with van der Waals surface area (Å²) in [6.45, 7) is 2.73. The minimum atomic E-state index is 0.0191. The van der Waals surface area contributed by atoms with Crippen molar-refractivity contribution >= 4 is 11.7 Å². The van der Waals surface area contributed by atoms with Gasteiger partial charge in [0.2, 0.25) is 5.91 Å². The van der Waals surface area contributed by atoms with Crippen molar-refractivity contribution in [2.24, 2.45) is 5.92 Å². The summed E-state index contributed by atoms with van der Waals surface area (Å²) in [5, 5.41) is 6.58. The summed E-state index contributed by atoms with van der Waals surface area (Å²) in [7, 11) is 0. The highest BCUT2D eigenvalue weighted by Crippen LogP contribution is 2.35. The van der Waals surface area contributed by atoms with Gasteiger partial charge >= 0.3 is 0 Å². The topological polar surface area (TPSA) is 57.3 Å². The van der Waals surface area contributed by atoms with Crippen molar-refractivity contribution in [2.45, 2.75) is 50.7 Å². The number of aromatic nitrogens is 1. The SMILES string of the molecule is O=C(NCc1cccnc1N1CCCC1)[C@@H]1N[C@@H]2CC[C@H]1C2. The molecule has 0 aromatic carbocycles. The Morgan fingerprint density at radius 2 is 2.23 bits per heavy atom. The molecular weight excluding hydrogens is 276 g/mol. The zero-order valence-electron chi connectivity index (χ0n) is 12.9. The summed E-state index contributed by atoms with van der Waals surface area (Å²) >= 11 is 0. The highest BCUT2D eigenvalue weighted by atomic mass is 16.2. The van der Waals surface area contributed by atoms with Gasteiger partial charge in [0, 0.05) is 37.4 Å². The molecule has 3 heterocycles. The molecule has 1 saturated carbocycles. The van der Waals surface area contributed by atoms with Crippen LogP contribution in [0.15, 0.2) is 18.3 Å². The number of anilines is 1. The molecule has 2 N–H and O–H groups in total. The van der Waals surface area contributed by atoms with Crippen LogP contribution in [0.5, 0.6) is 0 Å². The Morgan fingerprint density at radius 3 is 2.95 bits per heavy atom. The molecule has 3 atom stereocenters. The van der Waals surface area contributed by atoms with E-state index < -0.39 is 0 Å². The van der Waals surface area contributed by atoms with E-state index in [0.717, 1.165) is 24.5 Å². The fourth-order valence-corrected chi connectivity index (χ4v) is 4.22. The first-order valence-corrected chi connectivity index (χ1v) is 8.54. The maximum atomic E-state index is 12.4. The Bertz CT molecular complexity index is 555. The number of piperidine rings is 1. The standard InChI is InChI=1S/C17H24N4O/c22-17(15-12-5-6-14(10-12)20-15)19-11-13-4-3-7-18-16(13)21-8-1-2-9-21/h3-4,7,12,14-15,20H,1-2,5-6,8-11H2,(H,19,22)/t12-,14+,15+/m0/s1. The molecule has 2 bridgehead atoms. The van der Waals surface area contributed by atoms with E-state index in [-0.39, 0.29) is 11.9 Å². The van der Waals surface area contributed by atoms with Crippen molar-refractivity contribution in [3.8, 4) is 0 Å². The van der Waals surface area contributed by atoms with Gasteiger partial charge in [-0.1, -0.05) is 6.07 Å². The second-order valence-corrected chi connectivity index (χ2v) is 6.81. The smallest absolute Gasteiger partial charge is 0.237 e. The molecule has 3 fully saturated rings. The Labute approximate surface area is 131 Å². The Kier molecular flexibility index (Phi) is 3.74. The average molecular weight is 300 g/mol. The number of pyridine rings is 1. The van der Waals surface area contributed by atoms with E-state index in [4.69, 9.17) is 0 Å². The summed E-state index contributed by atoms with van der Waals surface area (Å²) in [5.41, 5.74) is 1.13.